The van der Waals surface area contributed by atoms with Gasteiger partial charge in [0.2, 0.25) is 0 Å². The molecule has 6 rings (SSSR count). The number of rotatable bonds is 1. The molecule has 8 bridgehead atoms. The van der Waals surface area contributed by atoms with Gasteiger partial charge in [-0.25, -0.2) is 9.97 Å². The van der Waals surface area contributed by atoms with Crippen molar-refractivity contribution in [2.45, 2.75) is 0 Å². The molecule has 6 heterocycles. The molecule has 2 N–H and O–H groups in total. The molecule has 0 amide bonds. The summed E-state index contributed by atoms with van der Waals surface area (Å²) >= 11 is 2.37. The molecule has 0 aromatic carbocycles. The number of nitrogens with zero attached hydrogens (tertiary/aromatic N) is 3. The highest BCUT2D eigenvalue weighted by molar-refractivity contribution is 14.1. The maximum absolute atomic E-state index is 5.03. The molecule has 3 aliphatic rings. The molecule has 3 aliphatic heterocycles. The molecule has 0 aliphatic carbocycles. The van der Waals surface area contributed by atoms with Crippen molar-refractivity contribution >= 4 is 74.5 Å². The maximum atomic E-state index is 5.03. The highest BCUT2D eigenvalue weighted by Gasteiger charge is 2.14. The van der Waals surface area contributed by atoms with Gasteiger partial charge in [-0.15, -0.1) is 0 Å². The van der Waals surface area contributed by atoms with Crippen LogP contribution in [0.3, 0.4) is 0 Å². The molecule has 6 heteroatoms. The van der Waals surface area contributed by atoms with Gasteiger partial charge >= 0.3 is 0 Å². The third-order valence-electron chi connectivity index (χ3n) is 5.73. The molecule has 0 spiro atoms. The number of hydrogen-bond acceptors (Lipinski definition) is 3. The minimum absolute atomic E-state index is 0.869. The lowest BCUT2D eigenvalue weighted by molar-refractivity contribution is 0.506. The summed E-state index contributed by atoms with van der Waals surface area (Å²) < 4.78 is 1.09. The zero-order chi connectivity index (χ0) is 21.7. The van der Waals surface area contributed by atoms with E-state index in [9.17, 15) is 0 Å². The predicted molar refractivity (Wildman–Crippen MR) is 141 cm³/mol. The number of likely N-dealkylation sites (N-methyl/N-ethyl adjacent to an activating group) is 1. The predicted octanol–water partition coefficient (Wildman–Crippen LogP) is 6.10. The van der Waals surface area contributed by atoms with Crippen molar-refractivity contribution in [3.05, 3.63) is 86.7 Å². The van der Waals surface area contributed by atoms with Gasteiger partial charge in [0.1, 0.15) is 0 Å². The molecule has 32 heavy (non-hydrogen) atoms. The zero-order valence-electron chi connectivity index (χ0n) is 17.4. The molecule has 0 saturated heterocycles. The molecule has 5 nitrogen and oxygen atoms in total. The van der Waals surface area contributed by atoms with E-state index in [0.717, 1.165) is 60.5 Å². The van der Waals surface area contributed by atoms with Crippen LogP contribution in [0.25, 0.3) is 51.9 Å². The minimum Gasteiger partial charge on any atom is -0.377 e. The first-order valence-electron chi connectivity index (χ1n) is 10.5. The Kier molecular flexibility index (Phi) is 4.61. The van der Waals surface area contributed by atoms with Crippen LogP contribution in [0.15, 0.2) is 54.8 Å². The molecule has 0 radical (unpaired) electrons. The Bertz CT molecular complexity index is 1530. The molecule has 3 aromatic heterocycles. The van der Waals surface area contributed by atoms with Gasteiger partial charge in [0.05, 0.1) is 31.9 Å². The van der Waals surface area contributed by atoms with Crippen LogP contribution in [0.1, 0.15) is 28.3 Å². The first kappa shape index (κ1) is 19.3. The second-order valence-electron chi connectivity index (χ2n) is 8.06. The number of nitrogens with one attached hydrogen (secondary N) is 2. The van der Waals surface area contributed by atoms with Crippen LogP contribution >= 0.6 is 22.6 Å². The molecule has 0 atom stereocenters. The van der Waals surface area contributed by atoms with Gasteiger partial charge in [0.15, 0.2) is 0 Å². The van der Waals surface area contributed by atoms with Crippen molar-refractivity contribution in [2.75, 3.05) is 13.6 Å². The van der Waals surface area contributed by atoms with E-state index in [4.69, 9.17) is 9.97 Å². The lowest BCUT2D eigenvalue weighted by Crippen LogP contribution is -2.13. The summed E-state index contributed by atoms with van der Waals surface area (Å²) in [6, 6.07) is 12.5. The van der Waals surface area contributed by atoms with E-state index >= 15 is 0 Å². The molecular formula is C26H20IN5. The van der Waals surface area contributed by atoms with Crippen LogP contribution < -0.4 is 0 Å². The molecule has 156 valence electrons. The van der Waals surface area contributed by atoms with Crippen molar-refractivity contribution in [2.24, 2.45) is 0 Å². The van der Waals surface area contributed by atoms with Crippen LogP contribution in [-0.2, 0) is 0 Å². The first-order valence-corrected chi connectivity index (χ1v) is 11.6. The van der Waals surface area contributed by atoms with Crippen LogP contribution in [0.5, 0.6) is 0 Å². The number of aromatic nitrogens is 4. The first-order chi connectivity index (χ1) is 15.6. The molecule has 0 saturated carbocycles. The largest absolute Gasteiger partial charge is 0.377 e. The SMILES string of the molecule is CN1C=CC(c2c3nc(c(I)c4ccc(cc5nc(cc6ccc2[nH]6)C=C5)[nH]4)C=C3)=CC1. The Morgan fingerprint density at radius 1 is 0.812 bits per heavy atom. The van der Waals surface area contributed by atoms with Crippen LogP contribution in [0.4, 0.5) is 0 Å². The van der Waals surface area contributed by atoms with E-state index in [-0.39, 0.29) is 0 Å². The number of aromatic amines is 2. The number of fused-ring (bicyclic) bond motifs is 8. The van der Waals surface area contributed by atoms with Gasteiger partial charge in [0.25, 0.3) is 0 Å². The van der Waals surface area contributed by atoms with Gasteiger partial charge in [-0.2, -0.15) is 0 Å². The quantitative estimate of drug-likeness (QED) is 0.258. The number of hydrogen-bond donors (Lipinski definition) is 2. The highest BCUT2D eigenvalue weighted by atomic mass is 127. The molecular weight excluding hydrogens is 509 g/mol. The topological polar surface area (TPSA) is 60.6 Å². The van der Waals surface area contributed by atoms with E-state index in [1.165, 1.54) is 5.57 Å². The fraction of sp³-hybridized carbons (Fsp3) is 0.0769. The molecule has 0 unspecified atom stereocenters. The average molecular weight is 529 g/mol. The van der Waals surface area contributed by atoms with Crippen molar-refractivity contribution in [1.82, 2.24) is 24.8 Å². The zero-order valence-corrected chi connectivity index (χ0v) is 19.6. The minimum atomic E-state index is 0.869. The Balaban J connectivity index is 1.71. The fourth-order valence-electron chi connectivity index (χ4n) is 4.11. The van der Waals surface area contributed by atoms with Crippen LogP contribution in [0, 0.1) is 3.57 Å². The van der Waals surface area contributed by atoms with Gasteiger partial charge < -0.3 is 14.9 Å². The van der Waals surface area contributed by atoms with Gasteiger partial charge in [-0.3, -0.25) is 0 Å². The second-order valence-corrected chi connectivity index (χ2v) is 9.14. The third-order valence-corrected chi connectivity index (χ3v) is 6.86. The standard InChI is InChI=1S/C26H20IN5/c1-32-12-10-16(11-13-32)25-21-6-4-19(29-21)14-17-2-3-18(28-17)15-20-5-7-23(30-20)26(27)24-9-8-22(25)31-24/h2-12,14-15,29-30H,13H2,1H3. The Morgan fingerprint density at radius 2 is 1.50 bits per heavy atom. The van der Waals surface area contributed by atoms with Crippen molar-refractivity contribution in [1.29, 1.82) is 0 Å². The molecule has 3 aromatic rings. The smallest absolute Gasteiger partial charge is 0.0792 e. The van der Waals surface area contributed by atoms with E-state index in [1.807, 2.05) is 12.2 Å². The number of halogens is 1. The van der Waals surface area contributed by atoms with Gasteiger partial charge in [0, 0.05) is 35.7 Å². The lowest BCUT2D eigenvalue weighted by atomic mass is 10.0. The lowest BCUT2D eigenvalue weighted by Gasteiger charge is -2.17. The Labute approximate surface area is 199 Å². The second kappa shape index (κ2) is 7.63. The molecule has 0 fully saturated rings. The summed E-state index contributed by atoms with van der Waals surface area (Å²) in [5.41, 5.74) is 10.2. The van der Waals surface area contributed by atoms with Crippen molar-refractivity contribution < 1.29 is 0 Å². The third kappa shape index (κ3) is 3.50. The number of allylic oxidation sites excluding steroid dienone is 2. The van der Waals surface area contributed by atoms with Crippen LogP contribution in [0.2, 0.25) is 0 Å². The average Bonchev–Trinajstić information content (AvgIpc) is 3.58. The van der Waals surface area contributed by atoms with E-state index in [1.54, 1.807) is 0 Å². The van der Waals surface area contributed by atoms with E-state index in [2.05, 4.69) is 111 Å². The summed E-state index contributed by atoms with van der Waals surface area (Å²) in [5, 5.41) is 0. The summed E-state index contributed by atoms with van der Waals surface area (Å²) in [5.74, 6) is 0. The number of H-pyrrole nitrogens is 2. The maximum Gasteiger partial charge on any atom is 0.0792 e. The highest BCUT2D eigenvalue weighted by Crippen LogP contribution is 2.30. The summed E-state index contributed by atoms with van der Waals surface area (Å²) in [7, 11) is 2.08. The van der Waals surface area contributed by atoms with Crippen molar-refractivity contribution in [3.63, 3.8) is 0 Å². The van der Waals surface area contributed by atoms with Crippen molar-refractivity contribution in [3.8, 4) is 0 Å². The van der Waals surface area contributed by atoms with E-state index < -0.39 is 0 Å². The van der Waals surface area contributed by atoms with Crippen LogP contribution in [-0.4, -0.2) is 38.4 Å². The Morgan fingerprint density at radius 3 is 2.22 bits per heavy atom. The summed E-state index contributed by atoms with van der Waals surface area (Å²) in [6.45, 7) is 0.869. The monoisotopic (exact) mass is 529 g/mol. The van der Waals surface area contributed by atoms with Gasteiger partial charge in [-0.1, -0.05) is 6.08 Å². The van der Waals surface area contributed by atoms with Gasteiger partial charge in [-0.05, 0) is 101 Å². The summed E-state index contributed by atoms with van der Waals surface area (Å²) in [6.07, 6.45) is 14.8. The summed E-state index contributed by atoms with van der Waals surface area (Å²) in [4.78, 5) is 19.0. The Hall–Kier alpha value is -3.39. The fourth-order valence-corrected chi connectivity index (χ4v) is 4.72. The van der Waals surface area contributed by atoms with E-state index in [0.29, 0.717) is 0 Å². The normalized spacial score (nSPS) is 14.8.